The number of para-hydroxylation sites is 1. The van der Waals surface area contributed by atoms with Crippen molar-refractivity contribution in [3.8, 4) is 5.75 Å². The number of alkyl halides is 1. The number of rotatable bonds is 6. The van der Waals surface area contributed by atoms with E-state index in [1.165, 1.54) is 0 Å². The first-order valence-electron chi connectivity index (χ1n) is 6.46. The Morgan fingerprint density at radius 2 is 2.17 bits per heavy atom. The smallest absolute Gasteiger partial charge is 0.119 e. The lowest BCUT2D eigenvalue weighted by Gasteiger charge is -2.31. The highest BCUT2D eigenvalue weighted by molar-refractivity contribution is 9.09. The van der Waals surface area contributed by atoms with Gasteiger partial charge in [0.25, 0.3) is 0 Å². The van der Waals surface area contributed by atoms with Crippen LogP contribution in [0.5, 0.6) is 5.75 Å². The summed E-state index contributed by atoms with van der Waals surface area (Å²) in [6.45, 7) is 4.77. The van der Waals surface area contributed by atoms with Crippen LogP contribution in [0.15, 0.2) is 30.3 Å². The number of benzene rings is 1. The molecule has 100 valence electrons. The third-order valence-corrected chi connectivity index (χ3v) is 3.75. The predicted octanol–water partition coefficient (Wildman–Crippen LogP) is 2.55. The molecule has 2 rings (SSSR count). The minimum absolute atomic E-state index is 0.341. The summed E-state index contributed by atoms with van der Waals surface area (Å²) in [7, 11) is 0. The van der Waals surface area contributed by atoms with E-state index in [9.17, 15) is 0 Å². The van der Waals surface area contributed by atoms with Crippen molar-refractivity contribution in [2.24, 2.45) is 0 Å². The van der Waals surface area contributed by atoms with Gasteiger partial charge in [0, 0.05) is 25.0 Å². The van der Waals surface area contributed by atoms with Gasteiger partial charge in [-0.3, -0.25) is 4.90 Å². The summed E-state index contributed by atoms with van der Waals surface area (Å²) in [6, 6.07) is 9.99. The Hall–Kier alpha value is -0.580. The lowest BCUT2D eigenvalue weighted by atomic mass is 10.3. The van der Waals surface area contributed by atoms with Gasteiger partial charge >= 0.3 is 0 Å². The average molecular weight is 314 g/mol. The largest absolute Gasteiger partial charge is 0.494 e. The van der Waals surface area contributed by atoms with Crippen LogP contribution in [-0.4, -0.2) is 49.2 Å². The Morgan fingerprint density at radius 1 is 1.33 bits per heavy atom. The van der Waals surface area contributed by atoms with Gasteiger partial charge < -0.3 is 9.47 Å². The molecule has 1 aliphatic rings. The summed E-state index contributed by atoms with van der Waals surface area (Å²) < 4.78 is 11.3. The van der Waals surface area contributed by atoms with Gasteiger partial charge in [-0.05, 0) is 18.6 Å². The first-order chi connectivity index (χ1) is 8.88. The molecule has 1 unspecified atom stereocenters. The van der Waals surface area contributed by atoms with Gasteiger partial charge in [0.05, 0.1) is 19.3 Å². The van der Waals surface area contributed by atoms with Crippen molar-refractivity contribution in [3.05, 3.63) is 30.3 Å². The molecule has 3 nitrogen and oxygen atoms in total. The van der Waals surface area contributed by atoms with Crippen molar-refractivity contribution in [3.63, 3.8) is 0 Å². The second-order valence-corrected chi connectivity index (χ2v) is 5.11. The molecule has 1 aromatic rings. The molecule has 4 heteroatoms. The van der Waals surface area contributed by atoms with Crippen LogP contribution in [0.3, 0.4) is 0 Å². The maximum Gasteiger partial charge on any atom is 0.119 e. The van der Waals surface area contributed by atoms with Crippen molar-refractivity contribution in [1.29, 1.82) is 0 Å². The minimum Gasteiger partial charge on any atom is -0.494 e. The molecule has 0 radical (unpaired) electrons. The van der Waals surface area contributed by atoms with Crippen molar-refractivity contribution < 1.29 is 9.47 Å². The van der Waals surface area contributed by atoms with Crippen LogP contribution >= 0.6 is 15.9 Å². The Balaban J connectivity index is 1.60. The second-order valence-electron chi connectivity index (χ2n) is 4.46. The van der Waals surface area contributed by atoms with Crippen molar-refractivity contribution in [1.82, 2.24) is 4.90 Å². The van der Waals surface area contributed by atoms with E-state index in [0.29, 0.717) is 6.10 Å². The van der Waals surface area contributed by atoms with E-state index in [2.05, 4.69) is 20.8 Å². The third-order valence-electron chi connectivity index (χ3n) is 3.03. The van der Waals surface area contributed by atoms with Gasteiger partial charge in [-0.1, -0.05) is 34.1 Å². The number of morpholine rings is 1. The minimum atomic E-state index is 0.341. The Kier molecular flexibility index (Phi) is 5.97. The highest BCUT2D eigenvalue weighted by Gasteiger charge is 2.18. The predicted molar refractivity (Wildman–Crippen MR) is 76.5 cm³/mol. The Bertz CT molecular complexity index is 334. The zero-order valence-corrected chi connectivity index (χ0v) is 12.1. The van der Waals surface area contributed by atoms with Crippen LogP contribution in [0, 0.1) is 0 Å². The molecule has 0 aromatic heterocycles. The number of ether oxygens (including phenoxy) is 2. The zero-order valence-electron chi connectivity index (χ0n) is 10.6. The molecule has 1 aliphatic heterocycles. The van der Waals surface area contributed by atoms with Crippen LogP contribution in [0.25, 0.3) is 0 Å². The quantitative estimate of drug-likeness (QED) is 0.595. The van der Waals surface area contributed by atoms with Crippen LogP contribution in [0.2, 0.25) is 0 Å². The lowest BCUT2D eigenvalue weighted by molar-refractivity contribution is -0.0162. The van der Waals surface area contributed by atoms with Crippen molar-refractivity contribution in [2.45, 2.75) is 12.5 Å². The van der Waals surface area contributed by atoms with Crippen LogP contribution < -0.4 is 4.74 Å². The highest BCUT2D eigenvalue weighted by Crippen LogP contribution is 2.10. The fraction of sp³-hybridized carbons (Fsp3) is 0.571. The van der Waals surface area contributed by atoms with E-state index in [4.69, 9.17) is 9.47 Å². The van der Waals surface area contributed by atoms with Crippen LogP contribution in [-0.2, 0) is 4.74 Å². The fourth-order valence-electron chi connectivity index (χ4n) is 2.07. The first kappa shape index (κ1) is 13.8. The number of hydrogen-bond acceptors (Lipinski definition) is 3. The Morgan fingerprint density at radius 3 is 2.94 bits per heavy atom. The van der Waals surface area contributed by atoms with E-state index in [1.807, 2.05) is 30.3 Å². The summed E-state index contributed by atoms with van der Waals surface area (Å²) >= 11 is 3.47. The molecule has 0 saturated carbocycles. The monoisotopic (exact) mass is 313 g/mol. The third kappa shape index (κ3) is 4.59. The Labute approximate surface area is 117 Å². The van der Waals surface area contributed by atoms with Gasteiger partial charge in [0.2, 0.25) is 0 Å². The molecular weight excluding hydrogens is 294 g/mol. The number of hydrogen-bond donors (Lipinski definition) is 0. The molecule has 0 spiro atoms. The molecule has 1 aromatic carbocycles. The average Bonchev–Trinajstić information content (AvgIpc) is 2.45. The van der Waals surface area contributed by atoms with Gasteiger partial charge in [0.15, 0.2) is 0 Å². The zero-order chi connectivity index (χ0) is 12.6. The molecule has 18 heavy (non-hydrogen) atoms. The van der Waals surface area contributed by atoms with Gasteiger partial charge in [-0.15, -0.1) is 0 Å². The summed E-state index contributed by atoms with van der Waals surface area (Å²) in [6.07, 6.45) is 1.40. The fourth-order valence-corrected chi connectivity index (χ4v) is 2.46. The maximum atomic E-state index is 5.68. The standard InChI is InChI=1S/C14H20BrNO2/c15-11-14-12-16(8-10-18-14)7-4-9-17-13-5-2-1-3-6-13/h1-3,5-6,14H,4,7-12H2. The molecular formula is C14H20BrNO2. The van der Waals surface area contributed by atoms with E-state index in [1.54, 1.807) is 0 Å². The summed E-state index contributed by atoms with van der Waals surface area (Å²) in [5.74, 6) is 0.956. The maximum absolute atomic E-state index is 5.68. The number of nitrogens with zero attached hydrogens (tertiary/aromatic N) is 1. The second kappa shape index (κ2) is 7.77. The van der Waals surface area contributed by atoms with E-state index < -0.39 is 0 Å². The van der Waals surface area contributed by atoms with Crippen molar-refractivity contribution in [2.75, 3.05) is 38.2 Å². The molecule has 1 heterocycles. The topological polar surface area (TPSA) is 21.7 Å². The van der Waals surface area contributed by atoms with Crippen LogP contribution in [0.1, 0.15) is 6.42 Å². The normalized spacial score (nSPS) is 20.8. The summed E-state index contributed by atoms with van der Waals surface area (Å²) in [5, 5.41) is 0.921. The molecule has 1 fully saturated rings. The van der Waals surface area contributed by atoms with Gasteiger partial charge in [-0.2, -0.15) is 0 Å². The molecule has 1 saturated heterocycles. The highest BCUT2D eigenvalue weighted by atomic mass is 79.9. The van der Waals surface area contributed by atoms with E-state index in [-0.39, 0.29) is 0 Å². The molecule has 0 N–H and O–H groups in total. The molecule has 0 bridgehead atoms. The lowest BCUT2D eigenvalue weighted by Crippen LogP contribution is -2.43. The number of halogens is 1. The van der Waals surface area contributed by atoms with Gasteiger partial charge in [0.1, 0.15) is 5.75 Å². The SMILES string of the molecule is BrCC1CN(CCCOc2ccccc2)CCO1. The summed E-state index contributed by atoms with van der Waals surface area (Å²) in [5.41, 5.74) is 0. The van der Waals surface area contributed by atoms with E-state index >= 15 is 0 Å². The molecule has 1 atom stereocenters. The first-order valence-corrected chi connectivity index (χ1v) is 7.58. The van der Waals surface area contributed by atoms with Gasteiger partial charge in [-0.25, -0.2) is 0 Å². The van der Waals surface area contributed by atoms with E-state index in [0.717, 1.165) is 50.3 Å². The van der Waals surface area contributed by atoms with Crippen molar-refractivity contribution >= 4 is 15.9 Å². The molecule has 0 aliphatic carbocycles. The summed E-state index contributed by atoms with van der Waals surface area (Å²) in [4.78, 5) is 2.45. The van der Waals surface area contributed by atoms with Crippen LogP contribution in [0.4, 0.5) is 0 Å². The molecule has 0 amide bonds.